The van der Waals surface area contributed by atoms with Gasteiger partial charge in [-0.2, -0.15) is 0 Å². The molecule has 0 saturated heterocycles. The molecule has 52 valence electrons. The molecule has 9 heavy (non-hydrogen) atoms. The van der Waals surface area contributed by atoms with Crippen LogP contribution in [-0.2, 0) is 0 Å². The third kappa shape index (κ3) is 1.11. The van der Waals surface area contributed by atoms with Crippen LogP contribution in [0.2, 0.25) is 0 Å². The summed E-state index contributed by atoms with van der Waals surface area (Å²) in [5.41, 5.74) is 0. The summed E-state index contributed by atoms with van der Waals surface area (Å²) >= 11 is 0. The Morgan fingerprint density at radius 3 is 3.00 bits per heavy atom. The molecule has 0 amide bonds. The van der Waals surface area contributed by atoms with Crippen LogP contribution < -0.4 is 0 Å². The SMILES string of the molecule is C1=NC[C@@H]2CCC[C@H]12.Cl. The second kappa shape index (κ2) is 2.70. The first kappa shape index (κ1) is 7.07. The number of halogens is 1. The average Bonchev–Trinajstić information content (AvgIpc) is 2.15. The second-order valence-corrected chi connectivity index (χ2v) is 2.87. The molecule has 1 fully saturated rings. The molecule has 2 aliphatic rings. The zero-order valence-corrected chi connectivity index (χ0v) is 6.23. The van der Waals surface area contributed by atoms with Crippen LogP contribution in [0.4, 0.5) is 0 Å². The maximum absolute atomic E-state index is 4.24. The first-order valence-electron chi connectivity index (χ1n) is 3.47. The molecule has 1 aliphatic heterocycles. The first-order chi connectivity index (χ1) is 3.97. The van der Waals surface area contributed by atoms with Gasteiger partial charge in [-0.1, -0.05) is 6.42 Å². The number of aliphatic imine (C=N–C) groups is 1. The molecule has 2 atom stereocenters. The summed E-state index contributed by atoms with van der Waals surface area (Å²) in [5, 5.41) is 0. The van der Waals surface area contributed by atoms with E-state index in [9.17, 15) is 0 Å². The van der Waals surface area contributed by atoms with E-state index < -0.39 is 0 Å². The molecule has 1 saturated carbocycles. The minimum atomic E-state index is 0. The number of rotatable bonds is 0. The van der Waals surface area contributed by atoms with E-state index in [4.69, 9.17) is 0 Å². The Labute approximate surface area is 62.0 Å². The molecule has 0 N–H and O–H groups in total. The van der Waals surface area contributed by atoms with Gasteiger partial charge in [-0.15, -0.1) is 12.4 Å². The van der Waals surface area contributed by atoms with Crippen LogP contribution in [0.5, 0.6) is 0 Å². The lowest BCUT2D eigenvalue weighted by Gasteiger charge is -2.02. The zero-order chi connectivity index (χ0) is 5.40. The van der Waals surface area contributed by atoms with Crippen molar-refractivity contribution in [2.24, 2.45) is 16.8 Å². The summed E-state index contributed by atoms with van der Waals surface area (Å²) in [6.45, 7) is 1.13. The molecule has 2 rings (SSSR count). The molecule has 0 aromatic carbocycles. The standard InChI is InChI=1S/C7H11N.ClH/c1-2-6-4-8-5-7(6)3-1;/h4,6-7H,1-3,5H2;1H/t6-,7+;/m1./s1. The van der Waals surface area contributed by atoms with E-state index in [1.807, 2.05) is 0 Å². The van der Waals surface area contributed by atoms with Crippen LogP contribution in [0.3, 0.4) is 0 Å². The molecule has 0 unspecified atom stereocenters. The Kier molecular flexibility index (Phi) is 2.12. The van der Waals surface area contributed by atoms with Crippen molar-refractivity contribution in [2.75, 3.05) is 6.54 Å². The van der Waals surface area contributed by atoms with Crippen molar-refractivity contribution < 1.29 is 0 Å². The fourth-order valence-electron chi connectivity index (χ4n) is 1.82. The van der Waals surface area contributed by atoms with Crippen molar-refractivity contribution in [1.29, 1.82) is 0 Å². The van der Waals surface area contributed by atoms with E-state index in [0.29, 0.717) is 0 Å². The quantitative estimate of drug-likeness (QED) is 0.494. The van der Waals surface area contributed by atoms with Gasteiger partial charge in [0.05, 0.1) is 0 Å². The topological polar surface area (TPSA) is 12.4 Å². The molecule has 0 aromatic heterocycles. The molecular weight excluding hydrogens is 134 g/mol. The van der Waals surface area contributed by atoms with Crippen molar-refractivity contribution in [2.45, 2.75) is 19.3 Å². The minimum Gasteiger partial charge on any atom is -0.297 e. The van der Waals surface area contributed by atoms with Crippen LogP contribution in [0.1, 0.15) is 19.3 Å². The van der Waals surface area contributed by atoms with Gasteiger partial charge < -0.3 is 0 Å². The van der Waals surface area contributed by atoms with Crippen LogP contribution >= 0.6 is 12.4 Å². The lowest BCUT2D eigenvalue weighted by Crippen LogP contribution is -2.03. The fraction of sp³-hybridized carbons (Fsp3) is 0.857. The molecule has 1 nitrogen and oxygen atoms in total. The summed E-state index contributed by atoms with van der Waals surface area (Å²) in [5.74, 6) is 1.84. The number of nitrogens with zero attached hydrogens (tertiary/aromatic N) is 1. The highest BCUT2D eigenvalue weighted by Gasteiger charge is 2.28. The van der Waals surface area contributed by atoms with Gasteiger partial charge in [0.2, 0.25) is 0 Å². The molecule has 2 heteroatoms. The van der Waals surface area contributed by atoms with E-state index in [1.165, 1.54) is 19.3 Å². The van der Waals surface area contributed by atoms with Gasteiger partial charge in [0.25, 0.3) is 0 Å². The van der Waals surface area contributed by atoms with E-state index in [2.05, 4.69) is 11.2 Å². The summed E-state index contributed by atoms with van der Waals surface area (Å²) in [4.78, 5) is 4.24. The van der Waals surface area contributed by atoms with Crippen LogP contribution in [0, 0.1) is 11.8 Å². The Bertz CT molecular complexity index is 122. The van der Waals surface area contributed by atoms with Gasteiger partial charge in [-0.3, -0.25) is 4.99 Å². The Morgan fingerprint density at radius 1 is 1.33 bits per heavy atom. The molecule has 0 spiro atoms. The molecule has 1 aliphatic carbocycles. The van der Waals surface area contributed by atoms with Crippen LogP contribution in [0.15, 0.2) is 4.99 Å². The van der Waals surface area contributed by atoms with Gasteiger partial charge in [0.15, 0.2) is 0 Å². The first-order valence-corrected chi connectivity index (χ1v) is 3.47. The predicted molar refractivity (Wildman–Crippen MR) is 41.4 cm³/mol. The van der Waals surface area contributed by atoms with Gasteiger partial charge in [0, 0.05) is 12.8 Å². The van der Waals surface area contributed by atoms with Crippen LogP contribution in [-0.4, -0.2) is 12.8 Å². The van der Waals surface area contributed by atoms with Gasteiger partial charge >= 0.3 is 0 Å². The second-order valence-electron chi connectivity index (χ2n) is 2.87. The van der Waals surface area contributed by atoms with Crippen molar-refractivity contribution >= 4 is 18.6 Å². The van der Waals surface area contributed by atoms with E-state index in [0.717, 1.165) is 18.4 Å². The predicted octanol–water partition coefficient (Wildman–Crippen LogP) is 1.91. The zero-order valence-electron chi connectivity index (χ0n) is 5.42. The van der Waals surface area contributed by atoms with Crippen LogP contribution in [0.25, 0.3) is 0 Å². The maximum Gasteiger partial charge on any atom is 0.0419 e. The fourth-order valence-corrected chi connectivity index (χ4v) is 1.82. The summed E-state index contributed by atoms with van der Waals surface area (Å²) in [6, 6.07) is 0. The largest absolute Gasteiger partial charge is 0.297 e. The number of hydrogen-bond acceptors (Lipinski definition) is 1. The Morgan fingerprint density at radius 2 is 2.22 bits per heavy atom. The highest BCUT2D eigenvalue weighted by Crippen LogP contribution is 2.33. The van der Waals surface area contributed by atoms with Crippen molar-refractivity contribution in [1.82, 2.24) is 0 Å². The van der Waals surface area contributed by atoms with Crippen molar-refractivity contribution in [3.63, 3.8) is 0 Å². The van der Waals surface area contributed by atoms with Crippen molar-refractivity contribution in [3.8, 4) is 0 Å². The van der Waals surface area contributed by atoms with E-state index in [1.54, 1.807) is 0 Å². The van der Waals surface area contributed by atoms with Gasteiger partial charge in [0.1, 0.15) is 0 Å². The third-order valence-electron chi connectivity index (χ3n) is 2.35. The van der Waals surface area contributed by atoms with E-state index >= 15 is 0 Å². The molecule has 0 bridgehead atoms. The van der Waals surface area contributed by atoms with Gasteiger partial charge in [-0.05, 0) is 24.7 Å². The molecule has 1 heterocycles. The summed E-state index contributed by atoms with van der Waals surface area (Å²) in [6.07, 6.45) is 6.46. The lowest BCUT2D eigenvalue weighted by molar-refractivity contribution is 0.534. The minimum absolute atomic E-state index is 0. The third-order valence-corrected chi connectivity index (χ3v) is 2.35. The maximum atomic E-state index is 4.24. The van der Waals surface area contributed by atoms with Crippen molar-refractivity contribution in [3.05, 3.63) is 0 Å². The monoisotopic (exact) mass is 145 g/mol. The van der Waals surface area contributed by atoms with E-state index in [-0.39, 0.29) is 12.4 Å². The number of fused-ring (bicyclic) bond motifs is 1. The van der Waals surface area contributed by atoms with Gasteiger partial charge in [-0.25, -0.2) is 0 Å². The highest BCUT2D eigenvalue weighted by atomic mass is 35.5. The summed E-state index contributed by atoms with van der Waals surface area (Å²) in [7, 11) is 0. The number of hydrogen-bond donors (Lipinski definition) is 0. The molecule has 0 aromatic rings. The highest BCUT2D eigenvalue weighted by molar-refractivity contribution is 5.85. The smallest absolute Gasteiger partial charge is 0.0419 e. The Hall–Kier alpha value is -0.0400. The normalized spacial score (nSPS) is 38.2. The average molecular weight is 146 g/mol. The molecular formula is C7H12ClN. The lowest BCUT2D eigenvalue weighted by atomic mass is 10.0. The summed E-state index contributed by atoms with van der Waals surface area (Å²) < 4.78 is 0. The Balaban J connectivity index is 0.000000405. The molecule has 0 radical (unpaired) electrons.